The molecule has 7 nitrogen and oxygen atoms in total. The van der Waals surface area contributed by atoms with Gasteiger partial charge in [0.05, 0.1) is 31.5 Å². The fourth-order valence-electron chi connectivity index (χ4n) is 4.14. The Morgan fingerprint density at radius 3 is 2.53 bits per heavy atom. The molecule has 2 heterocycles. The van der Waals surface area contributed by atoms with E-state index in [-0.39, 0.29) is 12.4 Å². The van der Waals surface area contributed by atoms with E-state index in [0.29, 0.717) is 39.5 Å². The van der Waals surface area contributed by atoms with Crippen molar-refractivity contribution in [3.8, 4) is 11.3 Å². The molecular weight excluding hydrogens is 437 g/mol. The van der Waals surface area contributed by atoms with Crippen LogP contribution < -0.4 is 4.90 Å². The molecule has 0 spiro atoms. The molecule has 0 saturated carbocycles. The number of ether oxygens (including phenoxy) is 2. The SMILES string of the molecule is CCOC[C@@H](O)CN(Cc1ccc(F)cc1)Cc1c(-c2ccccc2)noc1N1CCOCC1. The highest BCUT2D eigenvalue weighted by atomic mass is 19.1. The van der Waals surface area contributed by atoms with Crippen LogP contribution >= 0.6 is 0 Å². The van der Waals surface area contributed by atoms with Crippen molar-refractivity contribution in [2.24, 2.45) is 0 Å². The van der Waals surface area contributed by atoms with Gasteiger partial charge in [-0.05, 0) is 24.6 Å². The average molecular weight is 470 g/mol. The standard InChI is InChI=1S/C26H32FN3O4/c1-2-32-19-23(31)17-29(16-20-8-10-22(27)11-9-20)18-24-25(21-6-4-3-5-7-21)28-34-26(24)30-12-14-33-15-13-30/h3-11,23,31H,2,12-19H2,1H3/t23-/m0/s1. The van der Waals surface area contributed by atoms with E-state index in [9.17, 15) is 9.50 Å². The average Bonchev–Trinajstić information content (AvgIpc) is 3.28. The van der Waals surface area contributed by atoms with E-state index in [1.807, 2.05) is 37.3 Å². The molecule has 0 amide bonds. The molecule has 4 rings (SSSR count). The molecule has 182 valence electrons. The Morgan fingerprint density at radius 1 is 1.09 bits per heavy atom. The maximum Gasteiger partial charge on any atom is 0.232 e. The molecule has 1 aromatic heterocycles. The lowest BCUT2D eigenvalue weighted by molar-refractivity contribution is 0.0179. The Balaban J connectivity index is 1.64. The molecule has 3 aromatic rings. The van der Waals surface area contributed by atoms with Crippen molar-refractivity contribution in [2.75, 3.05) is 51.0 Å². The van der Waals surface area contributed by atoms with Gasteiger partial charge in [-0.25, -0.2) is 4.39 Å². The summed E-state index contributed by atoms with van der Waals surface area (Å²) in [4.78, 5) is 4.28. The number of halogens is 1. The molecule has 8 heteroatoms. The van der Waals surface area contributed by atoms with E-state index in [1.165, 1.54) is 12.1 Å². The van der Waals surface area contributed by atoms with Crippen LogP contribution in [0.5, 0.6) is 0 Å². The van der Waals surface area contributed by atoms with Crippen molar-refractivity contribution < 1.29 is 23.5 Å². The third-order valence-corrected chi connectivity index (χ3v) is 5.80. The first-order valence-corrected chi connectivity index (χ1v) is 11.7. The lowest BCUT2D eigenvalue weighted by Gasteiger charge is -2.29. The van der Waals surface area contributed by atoms with Gasteiger partial charge >= 0.3 is 0 Å². The number of aromatic nitrogens is 1. The first-order valence-electron chi connectivity index (χ1n) is 11.7. The van der Waals surface area contributed by atoms with Crippen LogP contribution in [0.3, 0.4) is 0 Å². The number of morpholine rings is 1. The highest BCUT2D eigenvalue weighted by molar-refractivity contribution is 5.68. The number of rotatable bonds is 11. The second-order valence-corrected chi connectivity index (χ2v) is 8.39. The number of aliphatic hydroxyl groups excluding tert-OH is 1. The van der Waals surface area contributed by atoms with Crippen LogP contribution in [-0.2, 0) is 22.6 Å². The van der Waals surface area contributed by atoms with Crippen molar-refractivity contribution in [1.82, 2.24) is 10.1 Å². The highest BCUT2D eigenvalue weighted by Gasteiger charge is 2.26. The zero-order valence-corrected chi connectivity index (χ0v) is 19.5. The summed E-state index contributed by atoms with van der Waals surface area (Å²) in [5.74, 6) is 0.456. The molecule has 0 unspecified atom stereocenters. The minimum Gasteiger partial charge on any atom is -0.389 e. The molecule has 2 aromatic carbocycles. The first kappa shape index (κ1) is 24.3. The molecule has 1 aliphatic heterocycles. The van der Waals surface area contributed by atoms with Crippen molar-refractivity contribution in [3.63, 3.8) is 0 Å². The van der Waals surface area contributed by atoms with Crippen LogP contribution in [0.2, 0.25) is 0 Å². The van der Waals surface area contributed by atoms with Crippen molar-refractivity contribution >= 4 is 5.88 Å². The lowest BCUT2D eigenvalue weighted by atomic mass is 10.1. The fourth-order valence-corrected chi connectivity index (χ4v) is 4.14. The predicted molar refractivity (Wildman–Crippen MR) is 128 cm³/mol. The van der Waals surface area contributed by atoms with Crippen LogP contribution in [0.25, 0.3) is 11.3 Å². The molecule has 34 heavy (non-hydrogen) atoms. The number of hydrogen-bond donors (Lipinski definition) is 1. The minimum atomic E-state index is -0.660. The Bertz CT molecular complexity index is 1010. The Kier molecular flexibility index (Phi) is 8.65. The third-order valence-electron chi connectivity index (χ3n) is 5.80. The predicted octanol–water partition coefficient (Wildman–Crippen LogP) is 3.72. The quantitative estimate of drug-likeness (QED) is 0.459. The zero-order valence-electron chi connectivity index (χ0n) is 19.5. The smallest absolute Gasteiger partial charge is 0.232 e. The zero-order chi connectivity index (χ0) is 23.8. The number of hydrogen-bond acceptors (Lipinski definition) is 7. The molecular formula is C26H32FN3O4. The second kappa shape index (κ2) is 12.1. The van der Waals surface area contributed by atoms with Gasteiger partial charge in [-0.15, -0.1) is 0 Å². The molecule has 1 aliphatic rings. The minimum absolute atomic E-state index is 0.252. The normalized spacial score (nSPS) is 15.1. The second-order valence-electron chi connectivity index (χ2n) is 8.39. The summed E-state index contributed by atoms with van der Waals surface area (Å²) in [5, 5.41) is 15.1. The summed E-state index contributed by atoms with van der Waals surface area (Å²) in [5.41, 5.74) is 3.66. The summed E-state index contributed by atoms with van der Waals surface area (Å²) in [6.07, 6.45) is -0.660. The molecule has 0 bridgehead atoms. The first-order chi connectivity index (χ1) is 16.6. The van der Waals surface area contributed by atoms with Crippen LogP contribution in [-0.4, -0.2) is 67.3 Å². The van der Waals surface area contributed by atoms with E-state index < -0.39 is 6.10 Å². The monoisotopic (exact) mass is 469 g/mol. The topological polar surface area (TPSA) is 71.2 Å². The summed E-state index contributed by atoms with van der Waals surface area (Å²) >= 11 is 0. The maximum absolute atomic E-state index is 13.5. The van der Waals surface area contributed by atoms with Crippen LogP contribution in [0.15, 0.2) is 59.1 Å². The Morgan fingerprint density at radius 2 is 1.82 bits per heavy atom. The number of nitrogens with zero attached hydrogens (tertiary/aromatic N) is 3. The molecule has 1 saturated heterocycles. The van der Waals surface area contributed by atoms with Gasteiger partial charge in [0.1, 0.15) is 11.5 Å². The van der Waals surface area contributed by atoms with E-state index in [0.717, 1.165) is 41.4 Å². The van der Waals surface area contributed by atoms with Crippen LogP contribution in [0.4, 0.5) is 10.3 Å². The highest BCUT2D eigenvalue weighted by Crippen LogP contribution is 2.33. The number of aliphatic hydroxyl groups is 1. The van der Waals surface area contributed by atoms with E-state index in [4.69, 9.17) is 14.0 Å². The van der Waals surface area contributed by atoms with Gasteiger partial charge in [0.25, 0.3) is 0 Å². The Hall–Kier alpha value is -2.78. The van der Waals surface area contributed by atoms with E-state index in [2.05, 4.69) is 15.0 Å². The summed E-state index contributed by atoms with van der Waals surface area (Å²) in [6, 6.07) is 16.4. The van der Waals surface area contributed by atoms with Gasteiger partial charge in [-0.2, -0.15) is 0 Å². The van der Waals surface area contributed by atoms with Gasteiger partial charge in [-0.1, -0.05) is 47.6 Å². The Labute approximate surface area is 199 Å². The van der Waals surface area contributed by atoms with E-state index in [1.54, 1.807) is 12.1 Å². The molecule has 0 radical (unpaired) electrons. The van der Waals surface area contributed by atoms with Crippen LogP contribution in [0, 0.1) is 5.82 Å². The summed E-state index contributed by atoms with van der Waals surface area (Å²) < 4.78 is 30.3. The van der Waals surface area contributed by atoms with E-state index >= 15 is 0 Å². The van der Waals surface area contributed by atoms with Gasteiger partial charge in [0.2, 0.25) is 5.88 Å². The van der Waals surface area contributed by atoms with Gasteiger partial charge in [0, 0.05) is 44.9 Å². The maximum atomic E-state index is 13.5. The summed E-state index contributed by atoms with van der Waals surface area (Å²) in [7, 11) is 0. The van der Waals surface area contributed by atoms with Gasteiger partial charge < -0.3 is 24.0 Å². The van der Waals surface area contributed by atoms with Crippen LogP contribution in [0.1, 0.15) is 18.1 Å². The van der Waals surface area contributed by atoms with Crippen molar-refractivity contribution in [2.45, 2.75) is 26.1 Å². The summed E-state index contributed by atoms with van der Waals surface area (Å²) in [6.45, 7) is 6.83. The lowest BCUT2D eigenvalue weighted by Crippen LogP contribution is -2.38. The largest absolute Gasteiger partial charge is 0.389 e. The molecule has 1 fully saturated rings. The number of anilines is 1. The third kappa shape index (κ3) is 6.42. The number of benzene rings is 2. The van der Waals surface area contributed by atoms with Crippen molar-refractivity contribution in [1.29, 1.82) is 0 Å². The molecule has 1 N–H and O–H groups in total. The van der Waals surface area contributed by atoms with Gasteiger partial charge in [-0.3, -0.25) is 4.90 Å². The molecule has 1 atom stereocenters. The van der Waals surface area contributed by atoms with Gasteiger partial charge in [0.15, 0.2) is 0 Å². The molecule has 0 aliphatic carbocycles. The fraction of sp³-hybridized carbons (Fsp3) is 0.423. The van der Waals surface area contributed by atoms with Crippen molar-refractivity contribution in [3.05, 3.63) is 71.5 Å².